The summed E-state index contributed by atoms with van der Waals surface area (Å²) in [5.74, 6) is 0. The SMILES string of the molecule is COC(CN)CCN(C)CCc1ccccc1. The summed E-state index contributed by atoms with van der Waals surface area (Å²) in [6.45, 7) is 2.70. The van der Waals surface area contributed by atoms with E-state index in [2.05, 4.69) is 42.3 Å². The minimum Gasteiger partial charge on any atom is -0.380 e. The molecule has 96 valence electrons. The minimum absolute atomic E-state index is 0.189. The second-order valence-corrected chi connectivity index (χ2v) is 4.42. The molecule has 0 saturated carbocycles. The lowest BCUT2D eigenvalue weighted by molar-refractivity contribution is 0.0927. The number of nitrogens with zero attached hydrogens (tertiary/aromatic N) is 1. The Kier molecular flexibility index (Phi) is 6.86. The third-order valence-corrected chi connectivity index (χ3v) is 3.05. The van der Waals surface area contributed by atoms with Gasteiger partial charge in [-0.2, -0.15) is 0 Å². The van der Waals surface area contributed by atoms with Gasteiger partial charge in [0.05, 0.1) is 6.10 Å². The number of rotatable bonds is 8. The Morgan fingerprint density at radius 3 is 2.53 bits per heavy atom. The van der Waals surface area contributed by atoms with Gasteiger partial charge in [0.15, 0.2) is 0 Å². The summed E-state index contributed by atoms with van der Waals surface area (Å²) in [7, 11) is 3.87. The van der Waals surface area contributed by atoms with Gasteiger partial charge in [0.1, 0.15) is 0 Å². The van der Waals surface area contributed by atoms with Crippen molar-refractivity contribution in [3.63, 3.8) is 0 Å². The van der Waals surface area contributed by atoms with Crippen LogP contribution in [0.1, 0.15) is 12.0 Å². The van der Waals surface area contributed by atoms with Crippen molar-refractivity contribution in [1.82, 2.24) is 4.90 Å². The van der Waals surface area contributed by atoms with Gasteiger partial charge in [0, 0.05) is 26.7 Å². The van der Waals surface area contributed by atoms with Crippen LogP contribution in [-0.2, 0) is 11.2 Å². The molecule has 0 bridgehead atoms. The van der Waals surface area contributed by atoms with Gasteiger partial charge >= 0.3 is 0 Å². The van der Waals surface area contributed by atoms with E-state index < -0.39 is 0 Å². The standard InChI is InChI=1S/C14H24N2O/c1-16(11-9-14(12-15)17-2)10-8-13-6-4-3-5-7-13/h3-7,14H,8-12,15H2,1-2H3. The fourth-order valence-electron chi connectivity index (χ4n) is 1.77. The number of hydrogen-bond acceptors (Lipinski definition) is 3. The Hall–Kier alpha value is -0.900. The van der Waals surface area contributed by atoms with E-state index in [0.717, 1.165) is 25.9 Å². The summed E-state index contributed by atoms with van der Waals surface area (Å²) in [6.07, 6.45) is 2.28. The van der Waals surface area contributed by atoms with Crippen LogP contribution in [0.25, 0.3) is 0 Å². The molecule has 0 saturated heterocycles. The first-order valence-corrected chi connectivity index (χ1v) is 6.21. The zero-order chi connectivity index (χ0) is 12.5. The van der Waals surface area contributed by atoms with Crippen LogP contribution in [0, 0.1) is 0 Å². The summed E-state index contributed by atoms with van der Waals surface area (Å²) in [4.78, 5) is 2.33. The monoisotopic (exact) mass is 236 g/mol. The average molecular weight is 236 g/mol. The molecule has 0 aliphatic rings. The van der Waals surface area contributed by atoms with Gasteiger partial charge in [-0.15, -0.1) is 0 Å². The van der Waals surface area contributed by atoms with Crippen LogP contribution in [0.15, 0.2) is 30.3 Å². The van der Waals surface area contributed by atoms with Crippen molar-refractivity contribution in [2.24, 2.45) is 5.73 Å². The molecule has 1 aromatic rings. The molecule has 3 nitrogen and oxygen atoms in total. The minimum atomic E-state index is 0.189. The Labute approximate surface area is 105 Å². The molecule has 0 amide bonds. The second kappa shape index (κ2) is 8.23. The molecule has 1 aromatic carbocycles. The van der Waals surface area contributed by atoms with Gasteiger partial charge in [-0.3, -0.25) is 0 Å². The normalized spacial score (nSPS) is 12.9. The van der Waals surface area contributed by atoms with Crippen LogP contribution >= 0.6 is 0 Å². The summed E-state index contributed by atoms with van der Waals surface area (Å²) < 4.78 is 5.26. The second-order valence-electron chi connectivity index (χ2n) is 4.42. The number of likely N-dealkylation sites (N-methyl/N-ethyl adjacent to an activating group) is 1. The lowest BCUT2D eigenvalue weighted by Crippen LogP contribution is -2.30. The predicted octanol–water partition coefficient (Wildman–Crippen LogP) is 1.52. The topological polar surface area (TPSA) is 38.5 Å². The van der Waals surface area contributed by atoms with Crippen molar-refractivity contribution in [2.75, 3.05) is 33.8 Å². The smallest absolute Gasteiger partial charge is 0.0705 e. The first-order valence-electron chi connectivity index (χ1n) is 6.21. The summed E-state index contributed by atoms with van der Waals surface area (Å²) in [6, 6.07) is 10.6. The number of methoxy groups -OCH3 is 1. The van der Waals surface area contributed by atoms with E-state index in [1.165, 1.54) is 5.56 Å². The molecule has 0 radical (unpaired) electrons. The number of benzene rings is 1. The lowest BCUT2D eigenvalue weighted by Gasteiger charge is -2.19. The van der Waals surface area contributed by atoms with Crippen LogP contribution in [0.4, 0.5) is 0 Å². The number of hydrogen-bond donors (Lipinski definition) is 1. The zero-order valence-corrected chi connectivity index (χ0v) is 10.9. The van der Waals surface area contributed by atoms with Gasteiger partial charge in [0.2, 0.25) is 0 Å². The predicted molar refractivity (Wildman–Crippen MR) is 72.1 cm³/mol. The number of nitrogens with two attached hydrogens (primary N) is 1. The zero-order valence-electron chi connectivity index (χ0n) is 10.9. The maximum Gasteiger partial charge on any atom is 0.0705 e. The molecule has 1 atom stereocenters. The van der Waals surface area contributed by atoms with E-state index in [1.54, 1.807) is 7.11 Å². The molecule has 17 heavy (non-hydrogen) atoms. The van der Waals surface area contributed by atoms with Crippen molar-refractivity contribution < 1.29 is 4.74 Å². The molecule has 0 fully saturated rings. The molecule has 0 aliphatic heterocycles. The molecule has 1 rings (SSSR count). The summed E-state index contributed by atoms with van der Waals surface area (Å²) in [5.41, 5.74) is 6.98. The molecular formula is C14H24N2O. The highest BCUT2D eigenvalue weighted by molar-refractivity contribution is 5.14. The largest absolute Gasteiger partial charge is 0.380 e. The van der Waals surface area contributed by atoms with Crippen molar-refractivity contribution in [3.05, 3.63) is 35.9 Å². The van der Waals surface area contributed by atoms with Gasteiger partial charge in [-0.25, -0.2) is 0 Å². The van der Waals surface area contributed by atoms with Gasteiger partial charge in [-0.1, -0.05) is 30.3 Å². The van der Waals surface area contributed by atoms with Gasteiger partial charge in [0.25, 0.3) is 0 Å². The fourth-order valence-corrected chi connectivity index (χ4v) is 1.77. The first-order chi connectivity index (χ1) is 8.26. The van der Waals surface area contributed by atoms with Crippen LogP contribution in [-0.4, -0.2) is 44.8 Å². The third-order valence-electron chi connectivity index (χ3n) is 3.05. The van der Waals surface area contributed by atoms with E-state index in [-0.39, 0.29) is 6.10 Å². The lowest BCUT2D eigenvalue weighted by atomic mass is 10.1. The van der Waals surface area contributed by atoms with Gasteiger partial charge in [-0.05, 0) is 25.5 Å². The average Bonchev–Trinajstić information content (AvgIpc) is 2.39. The third kappa shape index (κ3) is 5.82. The highest BCUT2D eigenvalue weighted by atomic mass is 16.5. The first kappa shape index (κ1) is 14.2. The Morgan fingerprint density at radius 2 is 1.94 bits per heavy atom. The molecule has 3 heteroatoms. The molecule has 0 heterocycles. The van der Waals surface area contributed by atoms with Crippen LogP contribution in [0.5, 0.6) is 0 Å². The van der Waals surface area contributed by atoms with Crippen LogP contribution < -0.4 is 5.73 Å². The maximum absolute atomic E-state index is 5.59. The highest BCUT2D eigenvalue weighted by Gasteiger charge is 2.06. The van der Waals surface area contributed by atoms with Crippen molar-refractivity contribution in [3.8, 4) is 0 Å². The van der Waals surface area contributed by atoms with Crippen molar-refractivity contribution in [1.29, 1.82) is 0 Å². The van der Waals surface area contributed by atoms with E-state index >= 15 is 0 Å². The molecular weight excluding hydrogens is 212 g/mol. The maximum atomic E-state index is 5.59. The number of ether oxygens (including phenoxy) is 1. The molecule has 0 aromatic heterocycles. The van der Waals surface area contributed by atoms with Crippen LogP contribution in [0.3, 0.4) is 0 Å². The quantitative estimate of drug-likeness (QED) is 0.744. The van der Waals surface area contributed by atoms with E-state index in [4.69, 9.17) is 10.5 Å². The van der Waals surface area contributed by atoms with Crippen molar-refractivity contribution >= 4 is 0 Å². The highest BCUT2D eigenvalue weighted by Crippen LogP contribution is 2.02. The molecule has 1 unspecified atom stereocenters. The Bertz CT molecular complexity index is 286. The van der Waals surface area contributed by atoms with Crippen LogP contribution in [0.2, 0.25) is 0 Å². The summed E-state index contributed by atoms with van der Waals surface area (Å²) >= 11 is 0. The Morgan fingerprint density at radius 1 is 1.24 bits per heavy atom. The molecule has 2 N–H and O–H groups in total. The molecule has 0 spiro atoms. The van der Waals surface area contributed by atoms with Gasteiger partial charge < -0.3 is 15.4 Å². The molecule has 0 aliphatic carbocycles. The van der Waals surface area contributed by atoms with E-state index in [1.807, 2.05) is 0 Å². The van der Waals surface area contributed by atoms with Crippen molar-refractivity contribution in [2.45, 2.75) is 18.9 Å². The van der Waals surface area contributed by atoms with E-state index in [9.17, 15) is 0 Å². The van der Waals surface area contributed by atoms with E-state index in [0.29, 0.717) is 6.54 Å². The Balaban J connectivity index is 2.19. The summed E-state index contributed by atoms with van der Waals surface area (Å²) in [5, 5.41) is 0. The fraction of sp³-hybridized carbons (Fsp3) is 0.571.